The standard InChI is InChI=1S/C14H18N2O4S/c1-16(20-4)14(17)10-8-21-13(15-10)9-5-6-11(18-2)12(7-9)19-3/h5-7,10H,8H2,1-4H3/t10-/m0/s1. The van der Waals surface area contributed by atoms with Gasteiger partial charge in [0.1, 0.15) is 6.04 Å². The maximum atomic E-state index is 12.0. The van der Waals surface area contributed by atoms with Gasteiger partial charge in [0.25, 0.3) is 5.91 Å². The number of hydrogen-bond donors (Lipinski definition) is 0. The number of rotatable bonds is 5. The molecule has 0 radical (unpaired) electrons. The molecule has 7 heteroatoms. The lowest BCUT2D eigenvalue weighted by Gasteiger charge is -2.15. The lowest BCUT2D eigenvalue weighted by Crippen LogP contribution is -2.34. The Hall–Kier alpha value is -1.73. The molecule has 0 saturated heterocycles. The number of methoxy groups -OCH3 is 2. The van der Waals surface area contributed by atoms with Gasteiger partial charge in [-0.3, -0.25) is 14.6 Å². The van der Waals surface area contributed by atoms with Crippen LogP contribution in [0.15, 0.2) is 23.2 Å². The van der Waals surface area contributed by atoms with Crippen LogP contribution in [0.5, 0.6) is 11.5 Å². The van der Waals surface area contributed by atoms with Crippen LogP contribution in [0.4, 0.5) is 0 Å². The Bertz CT molecular complexity index is 562. The zero-order valence-electron chi connectivity index (χ0n) is 12.5. The third kappa shape index (κ3) is 3.30. The number of amides is 1. The van der Waals surface area contributed by atoms with Crippen LogP contribution in [0.2, 0.25) is 0 Å². The van der Waals surface area contributed by atoms with Gasteiger partial charge in [-0.2, -0.15) is 0 Å². The van der Waals surface area contributed by atoms with E-state index in [2.05, 4.69) is 4.99 Å². The van der Waals surface area contributed by atoms with Crippen LogP contribution in [-0.4, -0.2) is 56.2 Å². The van der Waals surface area contributed by atoms with Crippen molar-refractivity contribution in [3.63, 3.8) is 0 Å². The number of aliphatic imine (C=N–C) groups is 1. The lowest BCUT2D eigenvalue weighted by molar-refractivity contribution is -0.169. The van der Waals surface area contributed by atoms with E-state index >= 15 is 0 Å². The van der Waals surface area contributed by atoms with Gasteiger partial charge >= 0.3 is 0 Å². The van der Waals surface area contributed by atoms with Crippen molar-refractivity contribution in [1.29, 1.82) is 0 Å². The SMILES string of the molecule is COc1ccc(C2=N[C@H](C(=O)N(C)OC)CS2)cc1OC. The molecule has 1 aliphatic heterocycles. The first-order valence-corrected chi connectivity index (χ1v) is 7.34. The molecule has 0 saturated carbocycles. The molecule has 1 heterocycles. The quantitative estimate of drug-likeness (QED) is 0.773. The summed E-state index contributed by atoms with van der Waals surface area (Å²) in [5.74, 6) is 1.76. The molecular weight excluding hydrogens is 292 g/mol. The van der Waals surface area contributed by atoms with E-state index in [4.69, 9.17) is 14.3 Å². The van der Waals surface area contributed by atoms with Crippen LogP contribution in [-0.2, 0) is 9.63 Å². The Morgan fingerprint density at radius 3 is 2.62 bits per heavy atom. The minimum absolute atomic E-state index is 0.152. The Kier molecular flexibility index (Phi) is 5.08. The average Bonchev–Trinajstić information content (AvgIpc) is 3.02. The monoisotopic (exact) mass is 310 g/mol. The molecule has 0 bridgehead atoms. The number of carbonyl (C=O) groups is 1. The van der Waals surface area contributed by atoms with Gasteiger partial charge in [0.05, 0.1) is 26.4 Å². The molecule has 0 fully saturated rings. The topological polar surface area (TPSA) is 60.4 Å². The first-order chi connectivity index (χ1) is 10.1. The lowest BCUT2D eigenvalue weighted by atomic mass is 10.2. The largest absolute Gasteiger partial charge is 0.493 e. The summed E-state index contributed by atoms with van der Waals surface area (Å²) in [6, 6.07) is 5.17. The van der Waals surface area contributed by atoms with Gasteiger partial charge in [-0.05, 0) is 18.2 Å². The Labute approximate surface area is 128 Å². The number of ether oxygens (including phenoxy) is 2. The smallest absolute Gasteiger partial charge is 0.271 e. The Morgan fingerprint density at radius 1 is 1.29 bits per heavy atom. The van der Waals surface area contributed by atoms with E-state index in [0.717, 1.165) is 10.6 Å². The average molecular weight is 310 g/mol. The fourth-order valence-corrected chi connectivity index (χ4v) is 2.96. The maximum absolute atomic E-state index is 12.0. The first kappa shape index (κ1) is 15.7. The molecule has 0 aromatic heterocycles. The zero-order chi connectivity index (χ0) is 15.4. The molecule has 0 N–H and O–H groups in total. The van der Waals surface area contributed by atoms with Gasteiger partial charge in [0.2, 0.25) is 0 Å². The minimum atomic E-state index is -0.414. The molecule has 1 amide bonds. The van der Waals surface area contributed by atoms with Crippen molar-refractivity contribution in [2.75, 3.05) is 34.1 Å². The number of likely N-dealkylation sites (N-methyl/N-ethyl adjacent to an activating group) is 1. The molecule has 6 nitrogen and oxygen atoms in total. The molecular formula is C14H18N2O4S. The van der Waals surface area contributed by atoms with Crippen LogP contribution in [0.3, 0.4) is 0 Å². The Balaban J connectivity index is 2.21. The van der Waals surface area contributed by atoms with E-state index in [1.807, 2.05) is 18.2 Å². The summed E-state index contributed by atoms with van der Waals surface area (Å²) in [4.78, 5) is 21.4. The van der Waals surface area contributed by atoms with E-state index in [0.29, 0.717) is 17.3 Å². The van der Waals surface area contributed by atoms with Crippen molar-refractivity contribution < 1.29 is 19.1 Å². The summed E-state index contributed by atoms with van der Waals surface area (Å²) in [6.07, 6.45) is 0. The fraction of sp³-hybridized carbons (Fsp3) is 0.429. The number of hydroxylamine groups is 2. The molecule has 0 aliphatic carbocycles. The van der Waals surface area contributed by atoms with Gasteiger partial charge in [0.15, 0.2) is 11.5 Å². The maximum Gasteiger partial charge on any atom is 0.271 e. The minimum Gasteiger partial charge on any atom is -0.493 e. The highest BCUT2D eigenvalue weighted by atomic mass is 32.2. The van der Waals surface area contributed by atoms with E-state index in [-0.39, 0.29) is 5.91 Å². The molecule has 114 valence electrons. The second-order valence-corrected chi connectivity index (χ2v) is 5.36. The van der Waals surface area contributed by atoms with Crippen molar-refractivity contribution in [3.8, 4) is 11.5 Å². The highest BCUT2D eigenvalue weighted by Crippen LogP contribution is 2.31. The molecule has 1 atom stereocenters. The molecule has 1 aromatic rings. The van der Waals surface area contributed by atoms with Crippen LogP contribution in [0.25, 0.3) is 0 Å². The highest BCUT2D eigenvalue weighted by molar-refractivity contribution is 8.14. The summed E-state index contributed by atoms with van der Waals surface area (Å²) >= 11 is 1.54. The number of thioether (sulfide) groups is 1. The number of nitrogens with zero attached hydrogens (tertiary/aromatic N) is 2. The van der Waals surface area contributed by atoms with Gasteiger partial charge in [-0.25, -0.2) is 5.06 Å². The second kappa shape index (κ2) is 6.82. The summed E-state index contributed by atoms with van der Waals surface area (Å²) in [6.45, 7) is 0. The van der Waals surface area contributed by atoms with Crippen LogP contribution >= 0.6 is 11.8 Å². The van der Waals surface area contributed by atoms with E-state index in [9.17, 15) is 4.79 Å². The molecule has 0 spiro atoms. The summed E-state index contributed by atoms with van der Waals surface area (Å²) in [5, 5.41) is 2.02. The van der Waals surface area contributed by atoms with Crippen molar-refractivity contribution >= 4 is 22.7 Å². The molecule has 1 aliphatic rings. The zero-order valence-corrected chi connectivity index (χ0v) is 13.3. The van der Waals surface area contributed by atoms with E-state index in [1.165, 1.54) is 12.2 Å². The van der Waals surface area contributed by atoms with Crippen LogP contribution in [0, 0.1) is 0 Å². The van der Waals surface area contributed by atoms with Crippen LogP contribution in [0.1, 0.15) is 5.56 Å². The van der Waals surface area contributed by atoms with Crippen molar-refractivity contribution in [1.82, 2.24) is 5.06 Å². The third-order valence-electron chi connectivity index (χ3n) is 3.15. The predicted octanol–water partition coefficient (Wildman–Crippen LogP) is 1.59. The van der Waals surface area contributed by atoms with Crippen molar-refractivity contribution in [2.45, 2.75) is 6.04 Å². The second-order valence-electron chi connectivity index (χ2n) is 4.35. The van der Waals surface area contributed by atoms with E-state index < -0.39 is 6.04 Å². The van der Waals surface area contributed by atoms with Gasteiger partial charge < -0.3 is 9.47 Å². The number of carbonyl (C=O) groups excluding carboxylic acids is 1. The van der Waals surface area contributed by atoms with Crippen molar-refractivity contribution in [3.05, 3.63) is 23.8 Å². The first-order valence-electron chi connectivity index (χ1n) is 6.35. The molecule has 2 rings (SSSR count). The van der Waals surface area contributed by atoms with Gasteiger partial charge in [-0.15, -0.1) is 11.8 Å². The number of benzene rings is 1. The summed E-state index contributed by atoms with van der Waals surface area (Å²) in [7, 11) is 6.22. The summed E-state index contributed by atoms with van der Waals surface area (Å²) < 4.78 is 10.5. The highest BCUT2D eigenvalue weighted by Gasteiger charge is 2.28. The van der Waals surface area contributed by atoms with E-state index in [1.54, 1.807) is 33.0 Å². The third-order valence-corrected chi connectivity index (χ3v) is 4.25. The molecule has 0 unspecified atom stereocenters. The van der Waals surface area contributed by atoms with Gasteiger partial charge in [0, 0.05) is 18.4 Å². The fourth-order valence-electron chi connectivity index (χ4n) is 1.93. The van der Waals surface area contributed by atoms with Crippen LogP contribution < -0.4 is 9.47 Å². The molecule has 21 heavy (non-hydrogen) atoms. The van der Waals surface area contributed by atoms with Crippen molar-refractivity contribution in [2.24, 2.45) is 4.99 Å². The van der Waals surface area contributed by atoms with Gasteiger partial charge in [-0.1, -0.05) is 0 Å². The number of hydrogen-bond acceptors (Lipinski definition) is 6. The summed E-state index contributed by atoms with van der Waals surface area (Å²) in [5.41, 5.74) is 0.910. The molecule has 1 aromatic carbocycles. The predicted molar refractivity (Wildman–Crippen MR) is 82.1 cm³/mol. The Morgan fingerprint density at radius 2 is 2.00 bits per heavy atom. The normalized spacial score (nSPS) is 17.3.